The van der Waals surface area contributed by atoms with Crippen LogP contribution in [0, 0.1) is 0 Å². The van der Waals surface area contributed by atoms with Crippen LogP contribution in [0.25, 0.3) is 80.9 Å². The zero-order chi connectivity index (χ0) is 49.7. The lowest BCUT2D eigenvalue weighted by atomic mass is 9.62. The summed E-state index contributed by atoms with van der Waals surface area (Å²) < 4.78 is 12.2. The highest BCUT2D eigenvalue weighted by Gasteiger charge is 2.38. The van der Waals surface area contributed by atoms with Crippen molar-refractivity contribution in [3.63, 3.8) is 0 Å². The number of hydrogen-bond acceptors (Lipinski definition) is 4. The van der Waals surface area contributed by atoms with E-state index in [4.69, 9.17) is 4.42 Å². The third-order valence-corrected chi connectivity index (χ3v) is 17.2. The molecule has 0 saturated carbocycles. The van der Waals surface area contributed by atoms with E-state index in [1.807, 2.05) is 11.3 Å². The van der Waals surface area contributed by atoms with Crippen molar-refractivity contribution in [2.45, 2.75) is 71.6 Å². The fraction of sp³-hybridized carbons (Fsp3) is 0.164. The Balaban J connectivity index is 1.02. The van der Waals surface area contributed by atoms with E-state index in [9.17, 15) is 0 Å². The van der Waals surface area contributed by atoms with Crippen molar-refractivity contribution in [1.29, 1.82) is 0 Å². The van der Waals surface area contributed by atoms with Crippen molar-refractivity contribution < 1.29 is 4.42 Å². The van der Waals surface area contributed by atoms with Crippen LogP contribution in [-0.4, -0.2) is 11.8 Å². The number of anilines is 5. The summed E-state index contributed by atoms with van der Waals surface area (Å²) in [6.07, 6.45) is 0. The summed E-state index contributed by atoms with van der Waals surface area (Å²) in [5, 5.41) is 10.4. The van der Waals surface area contributed by atoms with Crippen LogP contribution in [0.15, 0.2) is 186 Å². The Morgan fingerprint density at radius 3 is 1.92 bits per heavy atom. The van der Waals surface area contributed by atoms with Gasteiger partial charge in [-0.1, -0.05) is 146 Å². The molecular formula is C67H56BN3OS. The molecule has 1 aliphatic heterocycles. The highest BCUT2D eigenvalue weighted by atomic mass is 32.1. The van der Waals surface area contributed by atoms with Crippen molar-refractivity contribution in [3.05, 3.63) is 204 Å². The lowest BCUT2D eigenvalue weighted by molar-refractivity contribution is 0.590. The fourth-order valence-corrected chi connectivity index (χ4v) is 13.3. The van der Waals surface area contributed by atoms with Crippen LogP contribution in [0.2, 0.25) is 0 Å². The van der Waals surface area contributed by atoms with Crippen molar-refractivity contribution >= 4 is 111 Å². The van der Waals surface area contributed by atoms with Crippen LogP contribution in [0.3, 0.4) is 0 Å². The second kappa shape index (κ2) is 15.6. The summed E-state index contributed by atoms with van der Waals surface area (Å²) in [6, 6.07) is 68.0. The van der Waals surface area contributed by atoms with E-state index < -0.39 is 0 Å². The highest BCUT2D eigenvalue weighted by Crippen LogP contribution is 2.54. The van der Waals surface area contributed by atoms with E-state index >= 15 is 0 Å². The van der Waals surface area contributed by atoms with Crippen LogP contribution in [-0.2, 0) is 16.2 Å². The van der Waals surface area contributed by atoms with Crippen LogP contribution in [0.5, 0.6) is 0 Å². The number of fused-ring (bicyclic) bond motifs is 13. The Labute approximate surface area is 431 Å². The topological polar surface area (TPSA) is 33.3 Å². The SMILES string of the molecule is CC(C)(C)c1ccc(Nc2cc3c(cc2-c2ccc4c5cc6c(cc5n5c4c2Bc2oc4ccc(C(C)(C)C)cc4c2-5)sc2ccccc26)-c2ccc(N(c4ccccc4)c4ccccc4)cc2C3(C)C)cc1. The molecule has 6 heteroatoms. The lowest BCUT2D eigenvalue weighted by Crippen LogP contribution is -2.36. The third-order valence-electron chi connectivity index (χ3n) is 16.1. The van der Waals surface area contributed by atoms with E-state index in [1.54, 1.807) is 0 Å². The van der Waals surface area contributed by atoms with Crippen LogP contribution < -0.4 is 21.3 Å². The lowest BCUT2D eigenvalue weighted by Gasteiger charge is -2.28. The second-order valence-electron chi connectivity index (χ2n) is 23.1. The van der Waals surface area contributed by atoms with Gasteiger partial charge in [0, 0.05) is 81.3 Å². The first-order valence-corrected chi connectivity index (χ1v) is 26.6. The minimum absolute atomic E-state index is 0.0165. The summed E-state index contributed by atoms with van der Waals surface area (Å²) in [5.74, 6) is 0. The number of nitrogens with one attached hydrogen (secondary N) is 1. The van der Waals surface area contributed by atoms with Crippen molar-refractivity contribution in [2.75, 3.05) is 10.2 Å². The molecule has 354 valence electrons. The van der Waals surface area contributed by atoms with Gasteiger partial charge in [0.2, 0.25) is 7.28 Å². The largest absolute Gasteiger partial charge is 0.469 e. The zero-order valence-corrected chi connectivity index (χ0v) is 43.6. The Kier molecular flexibility index (Phi) is 9.39. The molecule has 3 aromatic heterocycles. The Morgan fingerprint density at radius 2 is 1.19 bits per heavy atom. The van der Waals surface area contributed by atoms with Gasteiger partial charge in [-0.2, -0.15) is 0 Å². The molecule has 0 radical (unpaired) electrons. The van der Waals surface area contributed by atoms with Crippen molar-refractivity contribution in [2.24, 2.45) is 0 Å². The van der Waals surface area contributed by atoms with Gasteiger partial charge in [-0.05, 0) is 146 Å². The number of furan rings is 1. The first kappa shape index (κ1) is 43.9. The quantitative estimate of drug-likeness (QED) is 0.169. The number of para-hydroxylation sites is 2. The molecule has 0 amide bonds. The number of benzene rings is 9. The molecule has 0 fully saturated rings. The summed E-state index contributed by atoms with van der Waals surface area (Å²) in [7, 11) is 0.673. The molecule has 1 N–H and O–H groups in total. The number of hydrogen-bond donors (Lipinski definition) is 1. The van der Waals surface area contributed by atoms with Gasteiger partial charge >= 0.3 is 0 Å². The standard InChI is InChI=1S/C67H56BN3OS/c1-65(2,3)39-23-26-41(27-24-39)69-56-37-55-49(45-29-28-44(34-54(45)67(55,7)8)70(42-17-11-9-12-18-42)43-19-13-10-14-20-43)35-50(56)47-30-31-48-51-36-52-46-21-15-16-22-59(46)73-60(52)38-57(51)71-62(48)61(47)68-64-63(71)53-33-40(66(4,5)6)25-32-58(53)72-64/h9-38,68-69H,1-8H3. The average molecular weight is 962 g/mol. The van der Waals surface area contributed by atoms with Gasteiger partial charge in [0.15, 0.2) is 0 Å². The van der Waals surface area contributed by atoms with Gasteiger partial charge < -0.3 is 19.2 Å². The summed E-state index contributed by atoms with van der Waals surface area (Å²) in [5.41, 5.74) is 22.4. The predicted molar refractivity (Wildman–Crippen MR) is 315 cm³/mol. The van der Waals surface area contributed by atoms with E-state index in [1.165, 1.54) is 103 Å². The van der Waals surface area contributed by atoms with E-state index in [-0.39, 0.29) is 16.2 Å². The van der Waals surface area contributed by atoms with Crippen LogP contribution in [0.4, 0.5) is 28.4 Å². The van der Waals surface area contributed by atoms with Crippen molar-refractivity contribution in [3.8, 4) is 27.9 Å². The number of rotatable bonds is 6. The van der Waals surface area contributed by atoms with Crippen molar-refractivity contribution in [1.82, 2.24) is 4.57 Å². The molecule has 0 unspecified atom stereocenters. The average Bonchev–Trinajstić information content (AvgIpc) is 4.10. The number of thiophene rings is 1. The molecule has 12 aromatic rings. The van der Waals surface area contributed by atoms with Gasteiger partial charge in [0.05, 0.1) is 16.9 Å². The monoisotopic (exact) mass is 961 g/mol. The van der Waals surface area contributed by atoms with Crippen LogP contribution in [0.1, 0.15) is 77.6 Å². The molecule has 0 atom stereocenters. The van der Waals surface area contributed by atoms with Gasteiger partial charge in [-0.3, -0.25) is 0 Å². The smallest absolute Gasteiger partial charge is 0.244 e. The minimum atomic E-state index is -0.290. The first-order valence-electron chi connectivity index (χ1n) is 25.8. The molecular weight excluding hydrogens is 906 g/mol. The molecule has 0 saturated heterocycles. The zero-order valence-electron chi connectivity index (χ0n) is 42.7. The van der Waals surface area contributed by atoms with E-state index in [2.05, 4.69) is 252 Å². The molecule has 73 heavy (non-hydrogen) atoms. The number of aromatic nitrogens is 1. The Hall–Kier alpha value is -7.80. The van der Waals surface area contributed by atoms with Gasteiger partial charge in [-0.15, -0.1) is 11.3 Å². The van der Waals surface area contributed by atoms with Gasteiger partial charge in [0.1, 0.15) is 5.58 Å². The molecule has 9 aromatic carbocycles. The molecule has 1 aliphatic carbocycles. The minimum Gasteiger partial charge on any atom is -0.469 e. The molecule has 0 spiro atoms. The fourth-order valence-electron chi connectivity index (χ4n) is 12.2. The first-order chi connectivity index (χ1) is 35.2. The summed E-state index contributed by atoms with van der Waals surface area (Å²) in [6.45, 7) is 18.5. The number of nitrogens with zero attached hydrogens (tertiary/aromatic N) is 2. The van der Waals surface area contributed by atoms with Gasteiger partial charge in [0.25, 0.3) is 0 Å². The molecule has 4 heterocycles. The molecule has 4 nitrogen and oxygen atoms in total. The summed E-state index contributed by atoms with van der Waals surface area (Å²) in [4.78, 5) is 2.38. The van der Waals surface area contributed by atoms with E-state index in [0.717, 1.165) is 39.7 Å². The second-order valence-corrected chi connectivity index (χ2v) is 24.1. The Bertz CT molecular complexity index is 4200. The predicted octanol–water partition coefficient (Wildman–Crippen LogP) is 17.4. The maximum atomic E-state index is 7.06. The third kappa shape index (κ3) is 6.72. The molecule has 0 bridgehead atoms. The molecule has 14 rings (SSSR count). The highest BCUT2D eigenvalue weighted by molar-refractivity contribution is 7.25. The molecule has 2 aliphatic rings. The maximum Gasteiger partial charge on any atom is 0.244 e. The summed E-state index contributed by atoms with van der Waals surface area (Å²) >= 11 is 1.88. The van der Waals surface area contributed by atoms with Gasteiger partial charge in [-0.25, -0.2) is 0 Å². The Morgan fingerprint density at radius 1 is 0.521 bits per heavy atom. The maximum absolute atomic E-state index is 7.06. The van der Waals surface area contributed by atoms with E-state index in [0.29, 0.717) is 7.28 Å². The van der Waals surface area contributed by atoms with Crippen LogP contribution >= 0.6 is 11.3 Å². The normalized spacial score (nSPS) is 13.7.